The summed E-state index contributed by atoms with van der Waals surface area (Å²) in [6.45, 7) is 0.0400. The summed E-state index contributed by atoms with van der Waals surface area (Å²) in [5.41, 5.74) is 4.87. The molecular formula is C11H9F3N4O2. The molecule has 2 N–H and O–H groups in total. The molecule has 9 heteroatoms. The van der Waals surface area contributed by atoms with E-state index in [0.717, 1.165) is 17.1 Å². The zero-order valence-electron chi connectivity index (χ0n) is 9.96. The number of halogens is 3. The summed E-state index contributed by atoms with van der Waals surface area (Å²) in [6, 6.07) is 3.97. The van der Waals surface area contributed by atoms with Gasteiger partial charge in [0.2, 0.25) is 0 Å². The molecule has 2 rings (SSSR count). The molecule has 1 heterocycles. The first-order valence-corrected chi connectivity index (χ1v) is 5.40. The van der Waals surface area contributed by atoms with Gasteiger partial charge < -0.3 is 5.73 Å². The molecule has 1 aromatic carbocycles. The molecule has 0 aliphatic carbocycles. The van der Waals surface area contributed by atoms with Crippen LogP contribution < -0.4 is 5.73 Å². The lowest BCUT2D eigenvalue weighted by atomic mass is 10.2. The maximum Gasteiger partial charge on any atom is 0.419 e. The molecular weight excluding hydrogens is 277 g/mol. The van der Waals surface area contributed by atoms with Crippen LogP contribution >= 0.6 is 0 Å². The van der Waals surface area contributed by atoms with Crippen molar-refractivity contribution in [1.82, 2.24) is 9.78 Å². The maximum atomic E-state index is 12.4. The number of hydrogen-bond donors (Lipinski definition) is 1. The van der Waals surface area contributed by atoms with Gasteiger partial charge in [0.05, 0.1) is 23.2 Å². The minimum atomic E-state index is -4.45. The fourth-order valence-electron chi connectivity index (χ4n) is 1.65. The van der Waals surface area contributed by atoms with Gasteiger partial charge in [0.1, 0.15) is 5.69 Å². The second kappa shape index (κ2) is 4.83. The number of nitrogens with two attached hydrogens (primary N) is 1. The third-order valence-electron chi connectivity index (χ3n) is 2.59. The number of alkyl halides is 3. The molecule has 0 bridgehead atoms. The summed E-state index contributed by atoms with van der Waals surface area (Å²) < 4.78 is 38.3. The maximum absolute atomic E-state index is 12.4. The summed E-state index contributed by atoms with van der Waals surface area (Å²) in [4.78, 5) is 9.96. The zero-order chi connectivity index (χ0) is 14.9. The van der Waals surface area contributed by atoms with Crippen LogP contribution in [-0.4, -0.2) is 14.7 Å². The van der Waals surface area contributed by atoms with Gasteiger partial charge in [-0.15, -0.1) is 0 Å². The van der Waals surface area contributed by atoms with Crippen molar-refractivity contribution in [3.05, 3.63) is 51.8 Å². The van der Waals surface area contributed by atoms with E-state index in [0.29, 0.717) is 5.56 Å². The highest BCUT2D eigenvalue weighted by molar-refractivity contribution is 5.59. The molecule has 0 radical (unpaired) electrons. The van der Waals surface area contributed by atoms with Crippen LogP contribution in [0, 0.1) is 10.1 Å². The van der Waals surface area contributed by atoms with Crippen molar-refractivity contribution in [2.45, 2.75) is 12.7 Å². The van der Waals surface area contributed by atoms with Crippen LogP contribution in [0.15, 0.2) is 30.6 Å². The van der Waals surface area contributed by atoms with Crippen LogP contribution in [0.2, 0.25) is 0 Å². The van der Waals surface area contributed by atoms with Gasteiger partial charge >= 0.3 is 6.18 Å². The lowest BCUT2D eigenvalue weighted by Crippen LogP contribution is -2.04. The molecule has 0 spiro atoms. The van der Waals surface area contributed by atoms with Crippen LogP contribution in [0.3, 0.4) is 0 Å². The van der Waals surface area contributed by atoms with Crippen LogP contribution in [-0.2, 0) is 12.7 Å². The fourth-order valence-corrected chi connectivity index (χ4v) is 1.65. The number of anilines is 1. The van der Waals surface area contributed by atoms with E-state index in [1.165, 1.54) is 18.2 Å². The van der Waals surface area contributed by atoms with E-state index in [9.17, 15) is 23.3 Å². The van der Waals surface area contributed by atoms with Crippen LogP contribution in [0.1, 0.15) is 11.1 Å². The van der Waals surface area contributed by atoms with Gasteiger partial charge in [-0.1, -0.05) is 6.07 Å². The topological polar surface area (TPSA) is 87.0 Å². The SMILES string of the molecule is Nc1cc(Cn2cc(C(F)(F)F)cn2)ccc1[N+](=O)[O-]. The molecule has 0 fully saturated rings. The van der Waals surface area contributed by atoms with Crippen molar-refractivity contribution in [1.29, 1.82) is 0 Å². The quantitative estimate of drug-likeness (QED) is 0.533. The number of hydrogen-bond acceptors (Lipinski definition) is 4. The molecule has 20 heavy (non-hydrogen) atoms. The number of nitrogen functional groups attached to an aromatic ring is 1. The number of nitro groups is 1. The minimum Gasteiger partial charge on any atom is -0.393 e. The summed E-state index contributed by atoms with van der Waals surface area (Å²) in [5, 5.41) is 14.2. The first kappa shape index (κ1) is 13.8. The fraction of sp³-hybridized carbons (Fsp3) is 0.182. The third-order valence-corrected chi connectivity index (χ3v) is 2.59. The summed E-state index contributed by atoms with van der Waals surface area (Å²) in [5.74, 6) is 0. The molecule has 0 aliphatic rings. The molecule has 106 valence electrons. The Bertz CT molecular complexity index is 651. The number of rotatable bonds is 3. The van der Waals surface area contributed by atoms with E-state index in [1.807, 2.05) is 0 Å². The van der Waals surface area contributed by atoms with Crippen LogP contribution in [0.4, 0.5) is 24.5 Å². The molecule has 2 aromatic rings. The standard InChI is InChI=1S/C11H9F3N4O2/c12-11(13,14)8-4-16-17(6-8)5-7-1-2-10(18(19)20)9(15)3-7/h1-4,6H,5,15H2. The van der Waals surface area contributed by atoms with Gasteiger partial charge in [-0.2, -0.15) is 18.3 Å². The first-order chi connectivity index (χ1) is 9.27. The van der Waals surface area contributed by atoms with Crippen LogP contribution in [0.5, 0.6) is 0 Å². The van der Waals surface area contributed by atoms with Gasteiger partial charge in [0.25, 0.3) is 5.69 Å². The van der Waals surface area contributed by atoms with Crippen molar-refractivity contribution in [2.75, 3.05) is 5.73 Å². The molecule has 1 aromatic heterocycles. The Morgan fingerprint density at radius 2 is 2.10 bits per heavy atom. The van der Waals surface area contributed by atoms with Gasteiger partial charge in [0, 0.05) is 12.3 Å². The molecule has 0 amide bonds. The number of benzene rings is 1. The number of nitrogens with zero attached hydrogens (tertiary/aromatic N) is 3. The minimum absolute atomic E-state index is 0.0400. The van der Waals surface area contributed by atoms with E-state index in [4.69, 9.17) is 5.73 Å². The Kier molecular flexibility index (Phi) is 3.35. The smallest absolute Gasteiger partial charge is 0.393 e. The highest BCUT2D eigenvalue weighted by Crippen LogP contribution is 2.29. The van der Waals surface area contributed by atoms with Crippen molar-refractivity contribution in [3.8, 4) is 0 Å². The molecule has 0 aliphatic heterocycles. The Balaban J connectivity index is 2.20. The van der Waals surface area contributed by atoms with E-state index < -0.39 is 16.7 Å². The first-order valence-electron chi connectivity index (χ1n) is 5.40. The predicted molar refractivity (Wildman–Crippen MR) is 63.8 cm³/mol. The monoisotopic (exact) mass is 286 g/mol. The molecule has 0 unspecified atom stereocenters. The van der Waals surface area contributed by atoms with Gasteiger partial charge in [0.15, 0.2) is 0 Å². The Labute approximate surface area is 110 Å². The Hall–Kier alpha value is -2.58. The van der Waals surface area contributed by atoms with Gasteiger partial charge in [-0.3, -0.25) is 14.8 Å². The molecule has 0 saturated heterocycles. The Morgan fingerprint density at radius 3 is 2.60 bits per heavy atom. The predicted octanol–water partition coefficient (Wildman–Crippen LogP) is 2.44. The third kappa shape index (κ3) is 2.87. The summed E-state index contributed by atoms with van der Waals surface area (Å²) in [7, 11) is 0. The highest BCUT2D eigenvalue weighted by Gasteiger charge is 2.32. The van der Waals surface area contributed by atoms with E-state index in [1.54, 1.807) is 0 Å². The number of aromatic nitrogens is 2. The highest BCUT2D eigenvalue weighted by atomic mass is 19.4. The second-order valence-corrected chi connectivity index (χ2v) is 4.07. The van der Waals surface area contributed by atoms with Crippen molar-refractivity contribution < 1.29 is 18.1 Å². The average molecular weight is 286 g/mol. The molecule has 0 saturated carbocycles. The molecule has 6 nitrogen and oxygen atoms in total. The summed E-state index contributed by atoms with van der Waals surface area (Å²) in [6.07, 6.45) is -2.88. The van der Waals surface area contributed by atoms with Gasteiger partial charge in [-0.05, 0) is 11.6 Å². The lowest BCUT2D eigenvalue weighted by molar-refractivity contribution is -0.383. The van der Waals surface area contributed by atoms with E-state index in [-0.39, 0.29) is 17.9 Å². The molecule has 0 atom stereocenters. The average Bonchev–Trinajstić information content (AvgIpc) is 2.76. The second-order valence-electron chi connectivity index (χ2n) is 4.07. The normalized spacial score (nSPS) is 11.6. The van der Waals surface area contributed by atoms with Crippen molar-refractivity contribution >= 4 is 11.4 Å². The van der Waals surface area contributed by atoms with Crippen molar-refractivity contribution in [3.63, 3.8) is 0 Å². The van der Waals surface area contributed by atoms with Gasteiger partial charge in [-0.25, -0.2) is 0 Å². The van der Waals surface area contributed by atoms with E-state index in [2.05, 4.69) is 5.10 Å². The van der Waals surface area contributed by atoms with Crippen LogP contribution in [0.25, 0.3) is 0 Å². The number of nitro benzene ring substituents is 1. The zero-order valence-corrected chi connectivity index (χ0v) is 9.96. The Morgan fingerprint density at radius 1 is 1.40 bits per heavy atom. The lowest BCUT2D eigenvalue weighted by Gasteiger charge is -2.04. The summed E-state index contributed by atoms with van der Waals surface area (Å²) >= 11 is 0. The van der Waals surface area contributed by atoms with Crippen molar-refractivity contribution in [2.24, 2.45) is 0 Å². The largest absolute Gasteiger partial charge is 0.419 e. The van der Waals surface area contributed by atoms with E-state index >= 15 is 0 Å².